The molecule has 126 valence electrons. The van der Waals surface area contributed by atoms with Gasteiger partial charge in [-0.3, -0.25) is 9.88 Å². The topological polar surface area (TPSA) is 87.6 Å². The standard InChI is InChI=1S/C17H19N3O4/c1-10-12(2-3-13-14(10)9-23-16(13)21)15-8-20(5-4-18-15)7-11-6-19-17(22)24-11/h2-3,6,15,18H,4-5,7-9H2,1H3,(H,19,22)/t15-/m0/s1. The van der Waals surface area contributed by atoms with Crippen LogP contribution in [0.1, 0.15) is 38.9 Å². The van der Waals surface area contributed by atoms with Gasteiger partial charge in [-0.25, -0.2) is 9.59 Å². The first-order valence-electron chi connectivity index (χ1n) is 8.04. The molecule has 3 heterocycles. The second-order valence-corrected chi connectivity index (χ2v) is 6.27. The number of aromatic amines is 1. The zero-order valence-corrected chi connectivity index (χ0v) is 13.4. The van der Waals surface area contributed by atoms with Crippen LogP contribution in [0.15, 0.2) is 27.5 Å². The van der Waals surface area contributed by atoms with Crippen molar-refractivity contribution in [1.29, 1.82) is 0 Å². The Bertz CT molecular complexity index is 839. The van der Waals surface area contributed by atoms with Crippen molar-refractivity contribution in [3.05, 3.63) is 56.9 Å². The average Bonchev–Trinajstić information content (AvgIpc) is 3.15. The molecule has 0 bridgehead atoms. The predicted octanol–water partition coefficient (Wildman–Crippen LogP) is 1.09. The molecule has 0 amide bonds. The Morgan fingerprint density at radius 3 is 3.00 bits per heavy atom. The van der Waals surface area contributed by atoms with Gasteiger partial charge >= 0.3 is 11.7 Å². The molecule has 4 rings (SSSR count). The number of ether oxygens (including phenoxy) is 1. The summed E-state index contributed by atoms with van der Waals surface area (Å²) in [4.78, 5) is 27.6. The van der Waals surface area contributed by atoms with Crippen LogP contribution < -0.4 is 11.1 Å². The van der Waals surface area contributed by atoms with Crippen LogP contribution in [0, 0.1) is 6.92 Å². The number of nitrogens with zero attached hydrogens (tertiary/aromatic N) is 1. The van der Waals surface area contributed by atoms with Crippen LogP contribution in [0.3, 0.4) is 0 Å². The number of oxazole rings is 1. The van der Waals surface area contributed by atoms with E-state index in [-0.39, 0.29) is 12.0 Å². The van der Waals surface area contributed by atoms with Crippen molar-refractivity contribution in [1.82, 2.24) is 15.2 Å². The molecule has 0 unspecified atom stereocenters. The third-order valence-electron chi connectivity index (χ3n) is 4.80. The first kappa shape index (κ1) is 15.2. The fraction of sp³-hybridized carbons (Fsp3) is 0.412. The summed E-state index contributed by atoms with van der Waals surface area (Å²) >= 11 is 0. The summed E-state index contributed by atoms with van der Waals surface area (Å²) in [5.74, 6) is -0.0125. The van der Waals surface area contributed by atoms with Gasteiger partial charge in [-0.1, -0.05) is 6.07 Å². The van der Waals surface area contributed by atoms with Gasteiger partial charge in [0.2, 0.25) is 0 Å². The normalized spacial score (nSPS) is 20.9. The molecular formula is C17H19N3O4. The van der Waals surface area contributed by atoms with Crippen LogP contribution >= 0.6 is 0 Å². The van der Waals surface area contributed by atoms with Gasteiger partial charge in [-0.05, 0) is 24.1 Å². The number of benzene rings is 1. The average molecular weight is 329 g/mol. The first-order chi connectivity index (χ1) is 11.6. The minimum absolute atomic E-state index is 0.172. The second-order valence-electron chi connectivity index (χ2n) is 6.27. The lowest BCUT2D eigenvalue weighted by Gasteiger charge is -2.34. The first-order valence-corrected chi connectivity index (χ1v) is 8.04. The molecule has 1 fully saturated rings. The molecule has 2 aliphatic rings. The summed E-state index contributed by atoms with van der Waals surface area (Å²) in [6.45, 7) is 5.55. The largest absolute Gasteiger partial charge is 0.457 e. The Balaban J connectivity index is 1.54. The highest BCUT2D eigenvalue weighted by atomic mass is 16.5. The minimum Gasteiger partial charge on any atom is -0.457 e. The number of aromatic nitrogens is 1. The van der Waals surface area contributed by atoms with Crippen molar-refractivity contribution >= 4 is 5.97 Å². The van der Waals surface area contributed by atoms with Crippen molar-refractivity contribution in [2.75, 3.05) is 19.6 Å². The number of piperazine rings is 1. The zero-order valence-electron chi connectivity index (χ0n) is 13.4. The van der Waals surface area contributed by atoms with Gasteiger partial charge in [0.05, 0.1) is 12.1 Å². The number of carbonyl (C=O) groups excluding carboxylic acids is 1. The van der Waals surface area contributed by atoms with Crippen LogP contribution in [0.5, 0.6) is 0 Å². The monoisotopic (exact) mass is 329 g/mol. The molecule has 1 saturated heterocycles. The Labute approximate surface area is 138 Å². The maximum absolute atomic E-state index is 11.7. The number of rotatable bonds is 3. The van der Waals surface area contributed by atoms with Crippen LogP contribution in [0.25, 0.3) is 0 Å². The highest BCUT2D eigenvalue weighted by molar-refractivity contribution is 5.93. The van der Waals surface area contributed by atoms with Gasteiger partial charge in [-0.15, -0.1) is 0 Å². The number of nitrogens with one attached hydrogen (secondary N) is 2. The van der Waals surface area contributed by atoms with E-state index in [2.05, 4.69) is 15.2 Å². The third kappa shape index (κ3) is 2.65. The summed E-state index contributed by atoms with van der Waals surface area (Å²) in [5, 5.41) is 3.53. The molecular weight excluding hydrogens is 310 g/mol. The quantitative estimate of drug-likeness (QED) is 0.820. The SMILES string of the molecule is Cc1c([C@@H]2CN(Cc3c[nH]c(=O)o3)CCN2)ccc2c1COC2=O. The van der Waals surface area contributed by atoms with Crippen LogP contribution in [-0.2, 0) is 17.9 Å². The van der Waals surface area contributed by atoms with Crippen molar-refractivity contribution in [2.45, 2.75) is 26.1 Å². The van der Waals surface area contributed by atoms with E-state index in [0.29, 0.717) is 24.5 Å². The highest BCUT2D eigenvalue weighted by Gasteiger charge is 2.28. The van der Waals surface area contributed by atoms with Gasteiger partial charge in [-0.2, -0.15) is 0 Å². The Hall–Kier alpha value is -2.38. The molecule has 7 nitrogen and oxygen atoms in total. The Morgan fingerprint density at radius 1 is 1.33 bits per heavy atom. The fourth-order valence-corrected chi connectivity index (χ4v) is 3.52. The van der Waals surface area contributed by atoms with E-state index in [1.54, 1.807) is 6.20 Å². The molecule has 2 aromatic rings. The molecule has 0 spiro atoms. The smallest absolute Gasteiger partial charge is 0.416 e. The summed E-state index contributed by atoms with van der Waals surface area (Å²) in [6.07, 6.45) is 1.61. The van der Waals surface area contributed by atoms with E-state index >= 15 is 0 Å². The van der Waals surface area contributed by atoms with E-state index < -0.39 is 5.76 Å². The van der Waals surface area contributed by atoms with E-state index in [4.69, 9.17) is 9.15 Å². The van der Waals surface area contributed by atoms with E-state index in [0.717, 1.165) is 30.8 Å². The van der Waals surface area contributed by atoms with Crippen molar-refractivity contribution < 1.29 is 13.9 Å². The lowest BCUT2D eigenvalue weighted by molar-refractivity contribution is 0.0535. The predicted molar refractivity (Wildman–Crippen MR) is 85.6 cm³/mol. The number of cyclic esters (lactones) is 1. The van der Waals surface area contributed by atoms with E-state index in [1.165, 1.54) is 5.56 Å². The zero-order chi connectivity index (χ0) is 16.7. The summed E-state index contributed by atoms with van der Waals surface area (Å²) < 4.78 is 10.2. The number of hydrogen-bond donors (Lipinski definition) is 2. The molecule has 2 aliphatic heterocycles. The lowest BCUT2D eigenvalue weighted by atomic mass is 9.93. The van der Waals surface area contributed by atoms with Gasteiger partial charge in [0.25, 0.3) is 0 Å². The number of H-pyrrole nitrogens is 1. The molecule has 1 atom stereocenters. The molecule has 0 saturated carbocycles. The van der Waals surface area contributed by atoms with Gasteiger partial charge in [0.1, 0.15) is 12.4 Å². The molecule has 1 aromatic carbocycles. The number of fused-ring (bicyclic) bond motifs is 1. The summed E-state index contributed by atoms with van der Waals surface area (Å²) in [5.41, 5.74) is 3.98. The molecule has 7 heteroatoms. The van der Waals surface area contributed by atoms with Crippen molar-refractivity contribution in [3.63, 3.8) is 0 Å². The molecule has 1 aromatic heterocycles. The third-order valence-corrected chi connectivity index (χ3v) is 4.80. The maximum atomic E-state index is 11.7. The fourth-order valence-electron chi connectivity index (χ4n) is 3.52. The van der Waals surface area contributed by atoms with Gasteiger partial charge < -0.3 is 14.5 Å². The summed E-state index contributed by atoms with van der Waals surface area (Å²) in [6, 6.07) is 4.04. The van der Waals surface area contributed by atoms with Gasteiger partial charge in [0.15, 0.2) is 0 Å². The van der Waals surface area contributed by atoms with Crippen LogP contribution in [0.2, 0.25) is 0 Å². The molecule has 0 radical (unpaired) electrons. The molecule has 24 heavy (non-hydrogen) atoms. The van der Waals surface area contributed by atoms with Crippen molar-refractivity contribution in [3.8, 4) is 0 Å². The molecule has 2 N–H and O–H groups in total. The number of hydrogen-bond acceptors (Lipinski definition) is 6. The van der Waals surface area contributed by atoms with E-state index in [9.17, 15) is 9.59 Å². The van der Waals surface area contributed by atoms with Crippen molar-refractivity contribution in [2.24, 2.45) is 0 Å². The second kappa shape index (κ2) is 5.92. The summed E-state index contributed by atoms with van der Waals surface area (Å²) in [7, 11) is 0. The Kier molecular flexibility index (Phi) is 3.74. The van der Waals surface area contributed by atoms with Crippen LogP contribution in [0.4, 0.5) is 0 Å². The number of carbonyl (C=O) groups is 1. The molecule has 0 aliphatic carbocycles. The van der Waals surface area contributed by atoms with E-state index in [1.807, 2.05) is 19.1 Å². The highest BCUT2D eigenvalue weighted by Crippen LogP contribution is 2.30. The minimum atomic E-state index is -0.421. The Morgan fingerprint density at radius 2 is 2.21 bits per heavy atom. The maximum Gasteiger partial charge on any atom is 0.416 e. The van der Waals surface area contributed by atoms with Crippen LogP contribution in [-0.4, -0.2) is 35.5 Å². The lowest BCUT2D eigenvalue weighted by Crippen LogP contribution is -2.45. The van der Waals surface area contributed by atoms with Gasteiger partial charge in [0, 0.05) is 37.4 Å². The number of esters is 1.